The molecule has 10 heteroatoms. The molecule has 2 amide bonds. The summed E-state index contributed by atoms with van der Waals surface area (Å²) in [6, 6.07) is 10.8. The molecule has 1 fully saturated rings. The van der Waals surface area contributed by atoms with E-state index in [0.29, 0.717) is 28.0 Å². The summed E-state index contributed by atoms with van der Waals surface area (Å²) in [5.74, 6) is 1.03. The summed E-state index contributed by atoms with van der Waals surface area (Å²) in [7, 11) is 1.57. The molecule has 0 spiro atoms. The van der Waals surface area contributed by atoms with Crippen molar-refractivity contribution in [2.45, 2.75) is 23.9 Å². The van der Waals surface area contributed by atoms with Crippen LogP contribution >= 0.6 is 11.8 Å². The SMILES string of the molecule is COc1cccc(NC(=O)CSc2cc(-n3ccc(C(=O)NC4CC4)n3)ncn2)c1. The molecule has 0 saturated heterocycles. The Morgan fingerprint density at radius 3 is 2.90 bits per heavy atom. The number of rotatable bonds is 8. The molecule has 1 saturated carbocycles. The van der Waals surface area contributed by atoms with Gasteiger partial charge in [0.1, 0.15) is 17.1 Å². The van der Waals surface area contributed by atoms with Crippen molar-refractivity contribution in [1.29, 1.82) is 0 Å². The third kappa shape index (κ3) is 5.15. The Labute approximate surface area is 177 Å². The first-order chi connectivity index (χ1) is 14.6. The molecule has 9 nitrogen and oxygen atoms in total. The van der Waals surface area contributed by atoms with Crippen LogP contribution < -0.4 is 15.4 Å². The van der Waals surface area contributed by atoms with E-state index in [4.69, 9.17) is 4.74 Å². The van der Waals surface area contributed by atoms with Gasteiger partial charge in [0.05, 0.1) is 12.9 Å². The summed E-state index contributed by atoms with van der Waals surface area (Å²) in [4.78, 5) is 32.7. The van der Waals surface area contributed by atoms with Crippen molar-refractivity contribution >= 4 is 29.3 Å². The normalized spacial score (nSPS) is 13.0. The highest BCUT2D eigenvalue weighted by molar-refractivity contribution is 7.99. The number of carbonyl (C=O) groups is 2. The third-order valence-electron chi connectivity index (χ3n) is 4.30. The highest BCUT2D eigenvalue weighted by Gasteiger charge is 2.24. The monoisotopic (exact) mass is 424 g/mol. The number of nitrogens with zero attached hydrogens (tertiary/aromatic N) is 4. The zero-order valence-electron chi connectivity index (χ0n) is 16.2. The predicted molar refractivity (Wildman–Crippen MR) is 112 cm³/mol. The Morgan fingerprint density at radius 1 is 1.23 bits per heavy atom. The molecule has 0 aliphatic heterocycles. The van der Waals surface area contributed by atoms with E-state index in [-0.39, 0.29) is 23.6 Å². The number of aromatic nitrogens is 4. The van der Waals surface area contributed by atoms with Gasteiger partial charge >= 0.3 is 0 Å². The average molecular weight is 424 g/mol. The Morgan fingerprint density at radius 2 is 2.10 bits per heavy atom. The lowest BCUT2D eigenvalue weighted by Gasteiger charge is -2.07. The molecular formula is C20H20N6O3S. The first kappa shape index (κ1) is 19.9. The molecule has 0 radical (unpaired) electrons. The topological polar surface area (TPSA) is 111 Å². The molecule has 2 aromatic heterocycles. The van der Waals surface area contributed by atoms with Gasteiger partial charge < -0.3 is 15.4 Å². The maximum absolute atomic E-state index is 12.2. The molecule has 154 valence electrons. The number of hydrogen-bond acceptors (Lipinski definition) is 7. The quantitative estimate of drug-likeness (QED) is 0.422. The third-order valence-corrected chi connectivity index (χ3v) is 5.23. The van der Waals surface area contributed by atoms with Crippen LogP contribution in [-0.4, -0.2) is 50.5 Å². The number of hydrogen-bond donors (Lipinski definition) is 2. The fraction of sp³-hybridized carbons (Fsp3) is 0.250. The summed E-state index contributed by atoms with van der Waals surface area (Å²) < 4.78 is 6.67. The molecule has 1 aromatic carbocycles. The van der Waals surface area contributed by atoms with Crippen LogP contribution in [0.3, 0.4) is 0 Å². The molecule has 2 heterocycles. The number of nitrogens with one attached hydrogen (secondary N) is 2. The van der Waals surface area contributed by atoms with Gasteiger partial charge in [-0.15, -0.1) is 0 Å². The average Bonchev–Trinajstić information content (AvgIpc) is 3.43. The lowest BCUT2D eigenvalue weighted by atomic mass is 10.3. The van der Waals surface area contributed by atoms with Crippen molar-refractivity contribution in [3.05, 3.63) is 54.6 Å². The number of thioether (sulfide) groups is 1. The maximum Gasteiger partial charge on any atom is 0.272 e. The van der Waals surface area contributed by atoms with Gasteiger partial charge in [-0.25, -0.2) is 14.6 Å². The van der Waals surface area contributed by atoms with Crippen LogP contribution in [0.5, 0.6) is 5.75 Å². The summed E-state index contributed by atoms with van der Waals surface area (Å²) >= 11 is 1.28. The molecule has 0 unspecified atom stereocenters. The van der Waals surface area contributed by atoms with E-state index in [9.17, 15) is 9.59 Å². The fourth-order valence-corrected chi connectivity index (χ4v) is 3.29. The minimum Gasteiger partial charge on any atom is -0.497 e. The van der Waals surface area contributed by atoms with Crippen molar-refractivity contribution in [3.63, 3.8) is 0 Å². The van der Waals surface area contributed by atoms with E-state index >= 15 is 0 Å². The minimum absolute atomic E-state index is 0.161. The lowest BCUT2D eigenvalue weighted by Crippen LogP contribution is -2.25. The largest absolute Gasteiger partial charge is 0.497 e. The van der Waals surface area contributed by atoms with Gasteiger partial charge in [-0.2, -0.15) is 5.10 Å². The zero-order chi connectivity index (χ0) is 20.9. The summed E-state index contributed by atoms with van der Waals surface area (Å²) in [6.45, 7) is 0. The molecule has 2 N–H and O–H groups in total. The van der Waals surface area contributed by atoms with Crippen molar-refractivity contribution in [2.24, 2.45) is 0 Å². The molecule has 1 aliphatic rings. The van der Waals surface area contributed by atoms with Crippen molar-refractivity contribution < 1.29 is 14.3 Å². The molecular weight excluding hydrogens is 404 g/mol. The van der Waals surface area contributed by atoms with Crippen LogP contribution in [-0.2, 0) is 4.79 Å². The maximum atomic E-state index is 12.2. The highest BCUT2D eigenvalue weighted by Crippen LogP contribution is 2.21. The smallest absolute Gasteiger partial charge is 0.272 e. The Hall–Kier alpha value is -3.40. The Balaban J connectivity index is 1.35. The van der Waals surface area contributed by atoms with Crippen molar-refractivity contribution in [1.82, 2.24) is 25.1 Å². The molecule has 30 heavy (non-hydrogen) atoms. The van der Waals surface area contributed by atoms with E-state index in [2.05, 4.69) is 25.7 Å². The summed E-state index contributed by atoms with van der Waals surface area (Å²) in [6.07, 6.45) is 5.12. The van der Waals surface area contributed by atoms with Gasteiger partial charge in [-0.3, -0.25) is 9.59 Å². The molecule has 3 aromatic rings. The molecule has 0 bridgehead atoms. The van der Waals surface area contributed by atoms with Crippen LogP contribution in [0.25, 0.3) is 5.82 Å². The van der Waals surface area contributed by atoms with Crippen LogP contribution in [0.15, 0.2) is 53.9 Å². The zero-order valence-corrected chi connectivity index (χ0v) is 17.1. The van der Waals surface area contributed by atoms with Gasteiger partial charge in [0.15, 0.2) is 11.5 Å². The van der Waals surface area contributed by atoms with Crippen molar-refractivity contribution in [2.75, 3.05) is 18.2 Å². The van der Waals surface area contributed by atoms with Crippen LogP contribution in [0, 0.1) is 0 Å². The summed E-state index contributed by atoms with van der Waals surface area (Å²) in [5, 5.41) is 10.6. The second-order valence-electron chi connectivity index (χ2n) is 6.68. The first-order valence-electron chi connectivity index (χ1n) is 9.36. The standard InChI is InChI=1S/C20H20N6O3S/c1-29-15-4-2-3-14(9-15)23-18(27)11-30-19-10-17(21-12-22-19)26-8-7-16(25-26)20(28)24-13-5-6-13/h2-4,7-10,12-13H,5-6,11H2,1H3,(H,23,27)(H,24,28). The predicted octanol–water partition coefficient (Wildman–Crippen LogP) is 2.29. The second kappa shape index (κ2) is 8.95. The van der Waals surface area contributed by atoms with Gasteiger partial charge in [-0.1, -0.05) is 17.8 Å². The molecule has 1 aliphatic carbocycles. The minimum atomic E-state index is -0.186. The molecule has 4 rings (SSSR count). The Kier molecular flexibility index (Phi) is 5.94. The Bertz CT molecular complexity index is 1070. The van der Waals surface area contributed by atoms with Gasteiger partial charge in [0.2, 0.25) is 5.91 Å². The number of benzene rings is 1. The number of amides is 2. The van der Waals surface area contributed by atoms with Crippen LogP contribution in [0.1, 0.15) is 23.3 Å². The second-order valence-corrected chi connectivity index (χ2v) is 7.67. The van der Waals surface area contributed by atoms with Gasteiger partial charge in [0, 0.05) is 30.1 Å². The van der Waals surface area contributed by atoms with Crippen molar-refractivity contribution in [3.8, 4) is 11.6 Å². The number of anilines is 1. The fourth-order valence-electron chi connectivity index (χ4n) is 2.63. The van der Waals surface area contributed by atoms with E-state index in [1.165, 1.54) is 22.8 Å². The van der Waals surface area contributed by atoms with E-state index in [1.54, 1.807) is 37.6 Å². The lowest BCUT2D eigenvalue weighted by molar-refractivity contribution is -0.113. The highest BCUT2D eigenvalue weighted by atomic mass is 32.2. The van der Waals surface area contributed by atoms with Gasteiger partial charge in [0.25, 0.3) is 5.91 Å². The summed E-state index contributed by atoms with van der Waals surface area (Å²) in [5.41, 5.74) is 1.00. The van der Waals surface area contributed by atoms with E-state index in [0.717, 1.165) is 12.8 Å². The number of methoxy groups -OCH3 is 1. The first-order valence-corrected chi connectivity index (χ1v) is 10.3. The van der Waals surface area contributed by atoms with Crippen LogP contribution in [0.2, 0.25) is 0 Å². The molecule has 0 atom stereocenters. The van der Waals surface area contributed by atoms with E-state index in [1.807, 2.05) is 12.1 Å². The number of ether oxygens (including phenoxy) is 1. The number of carbonyl (C=O) groups excluding carboxylic acids is 2. The van der Waals surface area contributed by atoms with Crippen LogP contribution in [0.4, 0.5) is 5.69 Å². The van der Waals surface area contributed by atoms with Gasteiger partial charge in [-0.05, 0) is 31.0 Å². The van der Waals surface area contributed by atoms with E-state index < -0.39 is 0 Å².